The first-order valence-electron chi connectivity index (χ1n) is 6.91. The molecule has 24 heavy (non-hydrogen) atoms. The Hall–Kier alpha value is -2.90. The summed E-state index contributed by atoms with van der Waals surface area (Å²) in [6.45, 7) is 0.339. The Balaban J connectivity index is 1.94. The third-order valence-electron chi connectivity index (χ3n) is 2.93. The van der Waals surface area contributed by atoms with Crippen LogP contribution in [0.1, 0.15) is 5.56 Å². The van der Waals surface area contributed by atoms with Crippen LogP contribution < -0.4 is 20.5 Å². The summed E-state index contributed by atoms with van der Waals surface area (Å²) in [4.78, 5) is 4.16. The first-order valence-corrected chi connectivity index (χ1v) is 6.91. The number of alkyl halides is 3. The van der Waals surface area contributed by atoms with E-state index in [4.69, 9.17) is 10.5 Å². The highest BCUT2D eigenvalue weighted by Crippen LogP contribution is 2.23. The summed E-state index contributed by atoms with van der Waals surface area (Å²) in [5, 5.41) is 2.79. The smallest absolute Gasteiger partial charge is 0.497 e. The molecule has 0 spiro atoms. The van der Waals surface area contributed by atoms with E-state index in [9.17, 15) is 13.2 Å². The Bertz CT molecular complexity index is 700. The van der Waals surface area contributed by atoms with Crippen molar-refractivity contribution in [3.05, 3.63) is 54.1 Å². The van der Waals surface area contributed by atoms with Crippen molar-refractivity contribution in [3.8, 4) is 11.5 Å². The van der Waals surface area contributed by atoms with Crippen molar-refractivity contribution in [2.45, 2.75) is 12.9 Å². The number of rotatable bonds is 5. The van der Waals surface area contributed by atoms with Crippen molar-refractivity contribution in [1.82, 2.24) is 0 Å². The van der Waals surface area contributed by atoms with Crippen LogP contribution in [0, 0.1) is 0 Å². The lowest BCUT2D eigenvalue weighted by atomic mass is 10.2. The lowest BCUT2D eigenvalue weighted by Gasteiger charge is -2.10. The highest BCUT2D eigenvalue weighted by Gasteiger charge is 2.30. The Morgan fingerprint density at radius 3 is 2.46 bits per heavy atom. The molecule has 0 radical (unpaired) electrons. The van der Waals surface area contributed by atoms with Crippen LogP contribution in [0.25, 0.3) is 0 Å². The zero-order valence-electron chi connectivity index (χ0n) is 12.8. The number of anilines is 1. The molecule has 0 fully saturated rings. The van der Waals surface area contributed by atoms with E-state index < -0.39 is 6.36 Å². The number of hydrogen-bond donors (Lipinski definition) is 2. The largest absolute Gasteiger partial charge is 0.573 e. The molecule has 2 aromatic rings. The number of nitrogens with one attached hydrogen (secondary N) is 1. The van der Waals surface area contributed by atoms with E-state index in [1.54, 1.807) is 7.11 Å². The lowest BCUT2D eigenvalue weighted by molar-refractivity contribution is -0.274. The summed E-state index contributed by atoms with van der Waals surface area (Å²) in [6, 6.07) is 12.6. The Morgan fingerprint density at radius 1 is 1.12 bits per heavy atom. The van der Waals surface area contributed by atoms with Gasteiger partial charge in [0, 0.05) is 5.69 Å². The van der Waals surface area contributed by atoms with Gasteiger partial charge in [-0.3, -0.25) is 0 Å². The minimum Gasteiger partial charge on any atom is -0.497 e. The molecule has 0 aliphatic heterocycles. The molecule has 0 saturated heterocycles. The molecule has 8 heteroatoms. The lowest BCUT2D eigenvalue weighted by Crippen LogP contribution is -2.22. The maximum Gasteiger partial charge on any atom is 0.573 e. The monoisotopic (exact) mass is 339 g/mol. The molecule has 2 aromatic carbocycles. The van der Waals surface area contributed by atoms with Gasteiger partial charge in [0.25, 0.3) is 0 Å². The van der Waals surface area contributed by atoms with Gasteiger partial charge in [0.2, 0.25) is 0 Å². The van der Waals surface area contributed by atoms with E-state index in [0.29, 0.717) is 12.2 Å². The molecule has 0 bridgehead atoms. The second kappa shape index (κ2) is 7.58. The quantitative estimate of drug-likeness (QED) is 0.646. The normalized spacial score (nSPS) is 11.9. The average molecular weight is 339 g/mol. The SMILES string of the molecule is COc1cccc(CN=C(N)Nc2ccc(OC(F)(F)F)cc2)c1. The van der Waals surface area contributed by atoms with Crippen LogP contribution in [0.5, 0.6) is 11.5 Å². The van der Waals surface area contributed by atoms with Crippen molar-refractivity contribution >= 4 is 11.6 Å². The molecule has 5 nitrogen and oxygen atoms in total. The van der Waals surface area contributed by atoms with Crippen LogP contribution in [0.15, 0.2) is 53.5 Å². The first-order chi connectivity index (χ1) is 11.4. The van der Waals surface area contributed by atoms with Crippen LogP contribution >= 0.6 is 0 Å². The molecule has 0 heterocycles. The summed E-state index contributed by atoms with van der Waals surface area (Å²) >= 11 is 0. The van der Waals surface area contributed by atoms with Crippen molar-refractivity contribution in [1.29, 1.82) is 0 Å². The first kappa shape index (κ1) is 17.5. The molecule has 2 rings (SSSR count). The zero-order chi connectivity index (χ0) is 17.6. The Kier molecular flexibility index (Phi) is 5.51. The van der Waals surface area contributed by atoms with E-state index >= 15 is 0 Å². The van der Waals surface area contributed by atoms with Crippen LogP contribution in [0.2, 0.25) is 0 Å². The van der Waals surface area contributed by atoms with Crippen LogP contribution in [0.4, 0.5) is 18.9 Å². The maximum absolute atomic E-state index is 12.1. The average Bonchev–Trinajstić information content (AvgIpc) is 2.54. The fourth-order valence-electron chi connectivity index (χ4n) is 1.87. The predicted octanol–water partition coefficient (Wildman–Crippen LogP) is 3.52. The third kappa shape index (κ3) is 5.71. The van der Waals surface area contributed by atoms with E-state index in [-0.39, 0.29) is 11.7 Å². The number of nitrogens with zero attached hydrogens (tertiary/aromatic N) is 1. The van der Waals surface area contributed by atoms with E-state index in [1.807, 2.05) is 24.3 Å². The molecule has 0 aromatic heterocycles. The summed E-state index contributed by atoms with van der Waals surface area (Å²) in [5.41, 5.74) is 7.17. The second-order valence-corrected chi connectivity index (χ2v) is 4.75. The minimum atomic E-state index is -4.72. The Labute approximate surface area is 136 Å². The fraction of sp³-hybridized carbons (Fsp3) is 0.188. The molecule has 128 valence electrons. The van der Waals surface area contributed by atoms with Gasteiger partial charge in [-0.15, -0.1) is 13.2 Å². The predicted molar refractivity (Wildman–Crippen MR) is 85.1 cm³/mol. The number of halogens is 3. The van der Waals surface area contributed by atoms with Crippen molar-refractivity contribution in [2.75, 3.05) is 12.4 Å². The molecular weight excluding hydrogens is 323 g/mol. The number of benzene rings is 2. The van der Waals surface area contributed by atoms with Crippen molar-refractivity contribution in [3.63, 3.8) is 0 Å². The van der Waals surface area contributed by atoms with Gasteiger partial charge in [0.05, 0.1) is 13.7 Å². The summed E-state index contributed by atoms with van der Waals surface area (Å²) < 4.78 is 45.1. The van der Waals surface area contributed by atoms with Crippen molar-refractivity contribution in [2.24, 2.45) is 10.7 Å². The van der Waals surface area contributed by atoms with Gasteiger partial charge in [-0.25, -0.2) is 4.99 Å². The number of ether oxygens (including phenoxy) is 2. The molecule has 0 saturated carbocycles. The number of guanidine groups is 1. The Morgan fingerprint density at radius 2 is 1.83 bits per heavy atom. The fourth-order valence-corrected chi connectivity index (χ4v) is 1.87. The van der Waals surface area contributed by atoms with Gasteiger partial charge in [-0.2, -0.15) is 0 Å². The van der Waals surface area contributed by atoms with Gasteiger partial charge in [0.1, 0.15) is 11.5 Å². The number of nitrogens with two attached hydrogens (primary N) is 1. The standard InChI is InChI=1S/C16H16F3N3O2/c1-23-14-4-2-3-11(9-14)10-21-15(20)22-12-5-7-13(8-6-12)24-16(17,18)19/h2-9H,10H2,1H3,(H3,20,21,22). The van der Waals surface area contributed by atoms with Crippen molar-refractivity contribution < 1.29 is 22.6 Å². The molecule has 0 unspecified atom stereocenters. The second-order valence-electron chi connectivity index (χ2n) is 4.75. The highest BCUT2D eigenvalue weighted by molar-refractivity contribution is 5.92. The van der Waals surface area contributed by atoms with Gasteiger partial charge in [-0.1, -0.05) is 12.1 Å². The molecular formula is C16H16F3N3O2. The van der Waals surface area contributed by atoms with E-state index in [2.05, 4.69) is 15.0 Å². The zero-order valence-corrected chi connectivity index (χ0v) is 12.8. The summed E-state index contributed by atoms with van der Waals surface area (Å²) in [7, 11) is 1.57. The van der Waals surface area contributed by atoms with Crippen LogP contribution in [-0.2, 0) is 6.54 Å². The van der Waals surface area contributed by atoms with Gasteiger partial charge < -0.3 is 20.5 Å². The maximum atomic E-state index is 12.1. The molecule has 3 N–H and O–H groups in total. The van der Waals surface area contributed by atoms with Crippen LogP contribution in [-0.4, -0.2) is 19.4 Å². The minimum absolute atomic E-state index is 0.141. The third-order valence-corrected chi connectivity index (χ3v) is 2.93. The number of methoxy groups -OCH3 is 1. The van der Waals surface area contributed by atoms with Gasteiger partial charge in [-0.05, 0) is 42.0 Å². The van der Waals surface area contributed by atoms with E-state index in [0.717, 1.165) is 11.3 Å². The van der Waals surface area contributed by atoms with Crippen LogP contribution in [0.3, 0.4) is 0 Å². The van der Waals surface area contributed by atoms with E-state index in [1.165, 1.54) is 24.3 Å². The summed E-state index contributed by atoms with van der Waals surface area (Å²) in [5.74, 6) is 0.553. The van der Waals surface area contributed by atoms with Gasteiger partial charge >= 0.3 is 6.36 Å². The molecule has 0 aliphatic carbocycles. The number of hydrogen-bond acceptors (Lipinski definition) is 3. The molecule has 0 atom stereocenters. The topological polar surface area (TPSA) is 68.9 Å². The molecule has 0 amide bonds. The summed E-state index contributed by atoms with van der Waals surface area (Å²) in [6.07, 6.45) is -4.72. The van der Waals surface area contributed by atoms with Gasteiger partial charge in [0.15, 0.2) is 5.96 Å². The molecule has 0 aliphatic rings. The number of aliphatic imine (C=N–C) groups is 1. The highest BCUT2D eigenvalue weighted by atomic mass is 19.4.